The van der Waals surface area contributed by atoms with Crippen molar-refractivity contribution in [2.75, 3.05) is 11.9 Å². The number of piperidine rings is 1. The maximum absolute atomic E-state index is 12.3. The second-order valence-electron chi connectivity index (χ2n) is 5.63. The minimum absolute atomic E-state index is 0.0161. The fourth-order valence-corrected chi connectivity index (χ4v) is 2.68. The molecule has 0 bridgehead atoms. The summed E-state index contributed by atoms with van der Waals surface area (Å²) in [6.45, 7) is 2.96. The minimum atomic E-state index is -0.815. The van der Waals surface area contributed by atoms with Crippen LogP contribution in [-0.4, -0.2) is 29.6 Å². The zero-order chi connectivity index (χ0) is 15.2. The molecular formula is C16H22N2O3. The highest BCUT2D eigenvalue weighted by Gasteiger charge is 2.27. The molecule has 2 rings (SSSR count). The summed E-state index contributed by atoms with van der Waals surface area (Å²) in [6.07, 6.45) is 2.73. The number of carbonyl (C=O) groups is 2. The molecule has 1 saturated heterocycles. The summed E-state index contributed by atoms with van der Waals surface area (Å²) in [7, 11) is 0. The van der Waals surface area contributed by atoms with E-state index in [9.17, 15) is 9.59 Å². The highest BCUT2D eigenvalue weighted by molar-refractivity contribution is 5.95. The predicted octanol–water partition coefficient (Wildman–Crippen LogP) is 2.03. The summed E-state index contributed by atoms with van der Waals surface area (Å²) in [5.41, 5.74) is 1.64. The molecule has 2 unspecified atom stereocenters. The summed E-state index contributed by atoms with van der Waals surface area (Å²) < 4.78 is 0. The fourth-order valence-electron chi connectivity index (χ4n) is 2.68. The second-order valence-corrected chi connectivity index (χ2v) is 5.63. The van der Waals surface area contributed by atoms with Crippen molar-refractivity contribution >= 4 is 17.6 Å². The zero-order valence-electron chi connectivity index (χ0n) is 12.3. The Bertz CT molecular complexity index is 516. The van der Waals surface area contributed by atoms with Gasteiger partial charge in [-0.05, 0) is 49.4 Å². The first-order valence-corrected chi connectivity index (χ1v) is 7.41. The molecule has 1 fully saturated rings. The molecule has 1 aromatic rings. The van der Waals surface area contributed by atoms with Crippen molar-refractivity contribution in [3.05, 3.63) is 29.8 Å². The number of aryl methyl sites for hydroxylation is 1. The van der Waals surface area contributed by atoms with E-state index in [0.29, 0.717) is 12.3 Å². The normalized spacial score (nSPS) is 21.8. The molecule has 114 valence electrons. The van der Waals surface area contributed by atoms with Crippen LogP contribution < -0.4 is 10.6 Å². The fraction of sp³-hybridized carbons (Fsp3) is 0.500. The van der Waals surface area contributed by atoms with Crippen molar-refractivity contribution in [1.29, 1.82) is 0 Å². The topological polar surface area (TPSA) is 78.4 Å². The number of anilines is 1. The Hall–Kier alpha value is -1.88. The molecule has 1 amide bonds. The van der Waals surface area contributed by atoms with E-state index < -0.39 is 5.97 Å². The first kappa shape index (κ1) is 15.5. The van der Waals surface area contributed by atoms with Gasteiger partial charge in [0.15, 0.2) is 0 Å². The minimum Gasteiger partial charge on any atom is -0.481 e. The monoisotopic (exact) mass is 290 g/mol. The Kier molecular flexibility index (Phi) is 5.33. The third kappa shape index (κ3) is 4.56. The number of carboxylic acids is 1. The first-order valence-electron chi connectivity index (χ1n) is 7.41. The molecule has 2 atom stereocenters. The first-order chi connectivity index (χ1) is 10.1. The smallest absolute Gasteiger partial charge is 0.303 e. The van der Waals surface area contributed by atoms with Gasteiger partial charge in [0.25, 0.3) is 0 Å². The number of carboxylic acid groups (broad SMARTS) is 1. The van der Waals surface area contributed by atoms with E-state index in [0.717, 1.165) is 30.6 Å². The van der Waals surface area contributed by atoms with E-state index >= 15 is 0 Å². The second kappa shape index (κ2) is 7.22. The molecule has 1 aliphatic rings. The molecule has 0 aromatic heterocycles. The lowest BCUT2D eigenvalue weighted by Gasteiger charge is -2.29. The van der Waals surface area contributed by atoms with E-state index in [4.69, 9.17) is 5.11 Å². The predicted molar refractivity (Wildman–Crippen MR) is 81.2 cm³/mol. The summed E-state index contributed by atoms with van der Waals surface area (Å²) in [5, 5.41) is 14.9. The number of benzene rings is 1. The Labute approximate surface area is 124 Å². The van der Waals surface area contributed by atoms with Crippen LogP contribution in [-0.2, 0) is 16.0 Å². The van der Waals surface area contributed by atoms with Crippen LogP contribution in [0, 0.1) is 5.92 Å². The summed E-state index contributed by atoms with van der Waals surface area (Å²) in [4.78, 5) is 22.9. The van der Waals surface area contributed by atoms with Crippen LogP contribution in [0.25, 0.3) is 0 Å². The van der Waals surface area contributed by atoms with Crippen LogP contribution in [0.4, 0.5) is 5.69 Å². The van der Waals surface area contributed by atoms with Crippen molar-refractivity contribution in [3.8, 4) is 0 Å². The number of hydrogen-bond donors (Lipinski definition) is 3. The molecule has 1 aromatic carbocycles. The quantitative estimate of drug-likeness (QED) is 0.775. The maximum Gasteiger partial charge on any atom is 0.303 e. The molecule has 0 spiro atoms. The number of amides is 1. The van der Waals surface area contributed by atoms with Gasteiger partial charge in [-0.15, -0.1) is 0 Å². The summed E-state index contributed by atoms with van der Waals surface area (Å²) in [6, 6.07) is 7.23. The molecule has 1 heterocycles. The van der Waals surface area contributed by atoms with Crippen LogP contribution in [0.3, 0.4) is 0 Å². The van der Waals surface area contributed by atoms with Crippen LogP contribution >= 0.6 is 0 Å². The highest BCUT2D eigenvalue weighted by Crippen LogP contribution is 2.18. The molecule has 0 saturated carbocycles. The largest absolute Gasteiger partial charge is 0.481 e. The van der Waals surface area contributed by atoms with Crippen molar-refractivity contribution in [2.24, 2.45) is 5.92 Å². The third-order valence-electron chi connectivity index (χ3n) is 3.87. The Morgan fingerprint density at radius 1 is 1.43 bits per heavy atom. The maximum atomic E-state index is 12.3. The third-order valence-corrected chi connectivity index (χ3v) is 3.87. The molecule has 5 heteroatoms. The molecule has 3 N–H and O–H groups in total. The Morgan fingerprint density at radius 3 is 2.95 bits per heavy atom. The molecular weight excluding hydrogens is 268 g/mol. The highest BCUT2D eigenvalue weighted by atomic mass is 16.4. The lowest BCUT2D eigenvalue weighted by Crippen LogP contribution is -2.48. The van der Waals surface area contributed by atoms with Crippen LogP contribution in [0.1, 0.15) is 31.7 Å². The molecule has 21 heavy (non-hydrogen) atoms. The lowest BCUT2D eigenvalue weighted by atomic mass is 9.92. The number of nitrogens with one attached hydrogen (secondary N) is 2. The summed E-state index contributed by atoms with van der Waals surface area (Å²) in [5.74, 6) is -0.504. The van der Waals surface area contributed by atoms with Gasteiger partial charge in [-0.1, -0.05) is 19.1 Å². The number of aliphatic carboxylic acids is 1. The SMILES string of the molecule is CC1CCCNC1C(=O)Nc1cccc(CCC(=O)O)c1. The van der Waals surface area contributed by atoms with Crippen LogP contribution in [0.15, 0.2) is 24.3 Å². The van der Waals surface area contributed by atoms with Gasteiger partial charge in [0.2, 0.25) is 5.91 Å². The van der Waals surface area contributed by atoms with Gasteiger partial charge in [0, 0.05) is 12.1 Å². The van der Waals surface area contributed by atoms with Gasteiger partial charge >= 0.3 is 5.97 Å². The van der Waals surface area contributed by atoms with Crippen molar-refractivity contribution in [2.45, 2.75) is 38.6 Å². The van der Waals surface area contributed by atoms with E-state index in [-0.39, 0.29) is 18.4 Å². The zero-order valence-corrected chi connectivity index (χ0v) is 12.3. The van der Waals surface area contributed by atoms with E-state index in [1.54, 1.807) is 0 Å². The van der Waals surface area contributed by atoms with Gasteiger partial charge < -0.3 is 15.7 Å². The number of hydrogen-bond acceptors (Lipinski definition) is 3. The lowest BCUT2D eigenvalue weighted by molar-refractivity contribution is -0.137. The van der Waals surface area contributed by atoms with E-state index in [2.05, 4.69) is 17.6 Å². The van der Waals surface area contributed by atoms with Gasteiger partial charge in [-0.3, -0.25) is 9.59 Å². The average molecular weight is 290 g/mol. The van der Waals surface area contributed by atoms with Crippen molar-refractivity contribution in [1.82, 2.24) is 5.32 Å². The molecule has 0 aliphatic carbocycles. The van der Waals surface area contributed by atoms with E-state index in [1.807, 2.05) is 24.3 Å². The number of rotatable bonds is 5. The van der Waals surface area contributed by atoms with Crippen LogP contribution in [0.2, 0.25) is 0 Å². The van der Waals surface area contributed by atoms with Crippen molar-refractivity contribution in [3.63, 3.8) is 0 Å². The van der Waals surface area contributed by atoms with E-state index in [1.165, 1.54) is 0 Å². The van der Waals surface area contributed by atoms with Gasteiger partial charge in [0.1, 0.15) is 0 Å². The van der Waals surface area contributed by atoms with Crippen molar-refractivity contribution < 1.29 is 14.7 Å². The van der Waals surface area contributed by atoms with Crippen LogP contribution in [0.5, 0.6) is 0 Å². The van der Waals surface area contributed by atoms with Gasteiger partial charge in [-0.2, -0.15) is 0 Å². The Morgan fingerprint density at radius 2 is 2.24 bits per heavy atom. The average Bonchev–Trinajstić information content (AvgIpc) is 2.46. The molecule has 1 aliphatic heterocycles. The summed E-state index contributed by atoms with van der Waals surface area (Å²) >= 11 is 0. The van der Waals surface area contributed by atoms with Gasteiger partial charge in [-0.25, -0.2) is 0 Å². The number of carbonyl (C=O) groups excluding carboxylic acids is 1. The standard InChI is InChI=1S/C16H22N2O3/c1-11-4-3-9-17-15(11)16(21)18-13-6-2-5-12(10-13)7-8-14(19)20/h2,5-6,10-11,15,17H,3-4,7-9H2,1H3,(H,18,21)(H,19,20). The molecule has 0 radical (unpaired) electrons. The Balaban J connectivity index is 1.97. The molecule has 5 nitrogen and oxygen atoms in total. The van der Waals surface area contributed by atoms with Gasteiger partial charge in [0.05, 0.1) is 6.04 Å².